The predicted octanol–water partition coefficient (Wildman–Crippen LogP) is 6.56. The summed E-state index contributed by atoms with van der Waals surface area (Å²) in [6, 6.07) is 5.89. The summed E-state index contributed by atoms with van der Waals surface area (Å²) in [5.41, 5.74) is 0. The van der Waals surface area contributed by atoms with E-state index >= 15 is 0 Å². The van der Waals surface area contributed by atoms with Gasteiger partial charge in [0.2, 0.25) is 5.91 Å². The third-order valence-corrected chi connectivity index (χ3v) is 5.91. The molecule has 0 saturated carbocycles. The van der Waals surface area contributed by atoms with Crippen molar-refractivity contribution >= 4 is 27.8 Å². The van der Waals surface area contributed by atoms with Crippen LogP contribution in [0.5, 0.6) is 5.75 Å². The number of carbonyl (C=O) groups is 1. The van der Waals surface area contributed by atoms with Crippen LogP contribution >= 0.6 is 11.6 Å². The van der Waals surface area contributed by atoms with Gasteiger partial charge in [0, 0.05) is 11.4 Å². The molecule has 0 unspecified atom stereocenters. The quantitative estimate of drug-likeness (QED) is 0.275. The molecule has 0 aliphatic heterocycles. The number of carbonyl (C=O) groups excluding carboxylic acids is 1. The third-order valence-electron chi connectivity index (χ3n) is 4.77. The highest BCUT2D eigenvalue weighted by Gasteiger charge is 2.16. The van der Waals surface area contributed by atoms with E-state index in [0.717, 1.165) is 12.8 Å². The molecule has 1 aromatic rings. The number of rotatable bonds is 17. The third kappa shape index (κ3) is 14.4. The van der Waals surface area contributed by atoms with Crippen LogP contribution in [0.15, 0.2) is 24.3 Å². The maximum atomic E-state index is 11.8. The van der Waals surface area contributed by atoms with E-state index < -0.39 is 16.2 Å². The lowest BCUT2D eigenvalue weighted by atomic mass is 10.0. The highest BCUT2D eigenvalue weighted by Crippen LogP contribution is 2.17. The van der Waals surface area contributed by atoms with Crippen LogP contribution in [0.2, 0.25) is 5.02 Å². The molecule has 166 valence electrons. The highest BCUT2D eigenvalue weighted by atomic mass is 35.5. The van der Waals surface area contributed by atoms with Crippen molar-refractivity contribution < 1.29 is 17.4 Å². The average molecular weight is 446 g/mol. The zero-order valence-electron chi connectivity index (χ0n) is 17.6. The second-order valence-electron chi connectivity index (χ2n) is 7.51. The molecule has 0 radical (unpaired) electrons. The van der Waals surface area contributed by atoms with E-state index in [-0.39, 0.29) is 12.2 Å². The van der Waals surface area contributed by atoms with Crippen LogP contribution in [-0.2, 0) is 15.1 Å². The van der Waals surface area contributed by atoms with E-state index in [1.54, 1.807) is 0 Å². The van der Waals surface area contributed by atoms with Crippen molar-refractivity contribution in [1.82, 2.24) is 4.72 Å². The maximum Gasteiger partial charge on any atom is 0.409 e. The Morgan fingerprint density at radius 3 is 1.76 bits per heavy atom. The summed E-state index contributed by atoms with van der Waals surface area (Å²) >= 11 is 5.74. The fourth-order valence-electron chi connectivity index (χ4n) is 3.13. The molecule has 0 atom stereocenters. The molecule has 1 amide bonds. The average Bonchev–Trinajstić information content (AvgIpc) is 2.66. The summed E-state index contributed by atoms with van der Waals surface area (Å²) in [5, 5.41) is 0.473. The molecule has 0 heterocycles. The summed E-state index contributed by atoms with van der Waals surface area (Å²) in [7, 11) is -4.16. The molecule has 0 bridgehead atoms. The van der Waals surface area contributed by atoms with Gasteiger partial charge in [-0.15, -0.1) is 0 Å². The topological polar surface area (TPSA) is 72.5 Å². The number of nitrogens with one attached hydrogen (secondary N) is 1. The summed E-state index contributed by atoms with van der Waals surface area (Å²) < 4.78 is 30.5. The molecule has 5 nitrogen and oxygen atoms in total. The van der Waals surface area contributed by atoms with E-state index in [4.69, 9.17) is 15.8 Å². The smallest absolute Gasteiger partial charge is 0.367 e. The molecule has 0 aromatic heterocycles. The molecular formula is C22H36ClNO4S. The molecule has 0 fully saturated rings. The fourth-order valence-corrected chi connectivity index (χ4v) is 4.04. The van der Waals surface area contributed by atoms with Gasteiger partial charge in [0.25, 0.3) is 0 Å². The van der Waals surface area contributed by atoms with Gasteiger partial charge in [-0.2, -0.15) is 8.42 Å². The first kappa shape index (κ1) is 25.8. The van der Waals surface area contributed by atoms with Crippen molar-refractivity contribution in [2.24, 2.45) is 0 Å². The van der Waals surface area contributed by atoms with E-state index in [1.165, 1.54) is 88.5 Å². The Morgan fingerprint density at radius 1 is 0.828 bits per heavy atom. The van der Waals surface area contributed by atoms with Crippen LogP contribution in [0, 0.1) is 0 Å². The predicted molar refractivity (Wildman–Crippen MR) is 119 cm³/mol. The van der Waals surface area contributed by atoms with Crippen LogP contribution in [0.1, 0.15) is 96.8 Å². The van der Waals surface area contributed by atoms with Crippen molar-refractivity contribution in [1.29, 1.82) is 0 Å². The summed E-state index contributed by atoms with van der Waals surface area (Å²) in [6.45, 7) is 2.24. The number of hydrogen-bond donors (Lipinski definition) is 1. The van der Waals surface area contributed by atoms with E-state index in [9.17, 15) is 13.2 Å². The van der Waals surface area contributed by atoms with Gasteiger partial charge in [-0.25, -0.2) is 4.72 Å². The molecule has 0 aliphatic rings. The van der Waals surface area contributed by atoms with Gasteiger partial charge < -0.3 is 4.18 Å². The highest BCUT2D eigenvalue weighted by molar-refractivity contribution is 7.85. The van der Waals surface area contributed by atoms with Gasteiger partial charge in [-0.1, -0.05) is 95.6 Å². The minimum absolute atomic E-state index is 0.107. The lowest BCUT2D eigenvalue weighted by molar-refractivity contribution is -0.119. The van der Waals surface area contributed by atoms with Crippen molar-refractivity contribution in [3.05, 3.63) is 29.3 Å². The normalized spacial score (nSPS) is 11.4. The minimum atomic E-state index is -4.16. The Balaban J connectivity index is 2.00. The van der Waals surface area contributed by atoms with E-state index in [1.807, 2.05) is 4.72 Å². The number of amides is 1. The van der Waals surface area contributed by atoms with Gasteiger partial charge in [0.05, 0.1) is 0 Å². The van der Waals surface area contributed by atoms with Gasteiger partial charge in [0.1, 0.15) is 5.75 Å². The molecule has 1 N–H and O–H groups in total. The zero-order valence-corrected chi connectivity index (χ0v) is 19.2. The Morgan fingerprint density at radius 2 is 1.28 bits per heavy atom. The standard InChI is InChI=1S/C22H36ClNO4S/c1-2-3-4-5-6-7-8-9-10-11-12-13-14-15-22(25)24-29(26,27)28-21-18-16-20(23)17-19-21/h16-19H,2-15H2,1H3,(H,24,25). The van der Waals surface area contributed by atoms with Crippen LogP contribution in [0.4, 0.5) is 0 Å². The molecule has 0 aliphatic carbocycles. The van der Waals surface area contributed by atoms with Crippen LogP contribution in [0.3, 0.4) is 0 Å². The van der Waals surface area contributed by atoms with E-state index in [2.05, 4.69) is 6.92 Å². The summed E-state index contributed by atoms with van der Waals surface area (Å²) in [6.07, 6.45) is 16.0. The molecule has 0 spiro atoms. The Labute approximate surface area is 181 Å². The first-order valence-electron chi connectivity index (χ1n) is 10.9. The number of benzene rings is 1. The van der Waals surface area contributed by atoms with E-state index in [0.29, 0.717) is 11.4 Å². The van der Waals surface area contributed by atoms with Gasteiger partial charge in [-0.05, 0) is 30.7 Å². The van der Waals surface area contributed by atoms with Crippen LogP contribution in [-0.4, -0.2) is 14.3 Å². The molecule has 0 saturated heterocycles. The van der Waals surface area contributed by atoms with Gasteiger partial charge in [0.15, 0.2) is 0 Å². The first-order chi connectivity index (χ1) is 13.9. The number of unbranched alkanes of at least 4 members (excludes halogenated alkanes) is 12. The first-order valence-corrected chi connectivity index (χ1v) is 12.7. The number of halogens is 1. The van der Waals surface area contributed by atoms with Crippen molar-refractivity contribution in [3.63, 3.8) is 0 Å². The molecule has 1 rings (SSSR count). The van der Waals surface area contributed by atoms with Crippen molar-refractivity contribution in [2.45, 2.75) is 96.8 Å². The second-order valence-corrected chi connectivity index (χ2v) is 9.22. The Bertz CT molecular complexity index is 662. The zero-order chi connectivity index (χ0) is 21.4. The number of hydrogen-bond acceptors (Lipinski definition) is 4. The fraction of sp³-hybridized carbons (Fsp3) is 0.682. The largest absolute Gasteiger partial charge is 0.409 e. The molecule has 1 aromatic carbocycles. The monoisotopic (exact) mass is 445 g/mol. The van der Waals surface area contributed by atoms with Gasteiger partial charge in [-0.3, -0.25) is 4.79 Å². The van der Waals surface area contributed by atoms with Crippen molar-refractivity contribution in [3.8, 4) is 5.75 Å². The second kappa shape index (κ2) is 15.6. The van der Waals surface area contributed by atoms with Crippen LogP contribution < -0.4 is 8.91 Å². The summed E-state index contributed by atoms with van der Waals surface area (Å²) in [4.78, 5) is 11.8. The molecular weight excluding hydrogens is 410 g/mol. The Kier molecular flexibility index (Phi) is 13.8. The minimum Gasteiger partial charge on any atom is -0.367 e. The SMILES string of the molecule is CCCCCCCCCCCCCCCC(=O)NS(=O)(=O)Oc1ccc(Cl)cc1. The lowest BCUT2D eigenvalue weighted by Crippen LogP contribution is -2.33. The van der Waals surface area contributed by atoms with Crippen LogP contribution in [0.25, 0.3) is 0 Å². The van der Waals surface area contributed by atoms with Gasteiger partial charge >= 0.3 is 10.3 Å². The Hall–Kier alpha value is -1.27. The summed E-state index contributed by atoms with van der Waals surface area (Å²) in [5.74, 6) is -0.433. The lowest BCUT2D eigenvalue weighted by Gasteiger charge is -2.08. The van der Waals surface area contributed by atoms with Crippen molar-refractivity contribution in [2.75, 3.05) is 0 Å². The maximum absolute atomic E-state index is 11.8. The molecule has 7 heteroatoms. The molecule has 29 heavy (non-hydrogen) atoms.